The Kier molecular flexibility index (Phi) is 7.36. The van der Waals surface area contributed by atoms with Crippen molar-refractivity contribution in [2.45, 2.75) is 32.7 Å². The van der Waals surface area contributed by atoms with Crippen LogP contribution in [-0.4, -0.2) is 43.9 Å². The van der Waals surface area contributed by atoms with Crippen LogP contribution in [0.1, 0.15) is 31.7 Å². The molecule has 1 aromatic rings. The third-order valence-corrected chi connectivity index (χ3v) is 4.46. The van der Waals surface area contributed by atoms with Crippen molar-refractivity contribution in [1.82, 2.24) is 5.32 Å². The minimum atomic E-state index is 0.134. The number of phenolic OH excluding ortho intramolecular Hbond substituents is 1. The normalized spacial score (nSPS) is 21.1. The van der Waals surface area contributed by atoms with Gasteiger partial charge < -0.3 is 20.1 Å². The van der Waals surface area contributed by atoms with Crippen LogP contribution in [0, 0.1) is 5.92 Å². The van der Waals surface area contributed by atoms with E-state index in [1.165, 1.54) is 4.90 Å². The van der Waals surface area contributed by atoms with Gasteiger partial charge in [0.1, 0.15) is 12.3 Å². The summed E-state index contributed by atoms with van der Waals surface area (Å²) in [5, 5.41) is 12.9. The van der Waals surface area contributed by atoms with Crippen LogP contribution >= 0.6 is 0 Å². The predicted octanol–water partition coefficient (Wildman–Crippen LogP) is 0.730. The van der Waals surface area contributed by atoms with Gasteiger partial charge in [0.25, 0.3) is 0 Å². The number of quaternary nitrogens is 1. The first-order chi connectivity index (χ1) is 11.2. The first-order valence-electron chi connectivity index (χ1n) is 8.66. The predicted molar refractivity (Wildman–Crippen MR) is 89.4 cm³/mol. The molecule has 1 saturated heterocycles. The fourth-order valence-electron chi connectivity index (χ4n) is 3.07. The average Bonchev–Trinajstić information content (AvgIpc) is 2.57. The maximum absolute atomic E-state index is 12.1. The van der Waals surface area contributed by atoms with E-state index in [1.54, 1.807) is 6.07 Å². The Labute approximate surface area is 138 Å². The smallest absolute Gasteiger partial charge is 0.223 e. The second-order valence-corrected chi connectivity index (χ2v) is 6.17. The molecule has 1 aromatic carbocycles. The summed E-state index contributed by atoms with van der Waals surface area (Å²) in [7, 11) is 0. The number of nitrogens with one attached hydrogen (secondary N) is 2. The zero-order valence-electron chi connectivity index (χ0n) is 14.0. The Morgan fingerprint density at radius 1 is 1.35 bits per heavy atom. The highest BCUT2D eigenvalue weighted by Crippen LogP contribution is 2.15. The molecule has 0 aromatic heterocycles. The molecular weight excluding hydrogens is 292 g/mol. The molecule has 5 nitrogen and oxygen atoms in total. The number of para-hydroxylation sites is 1. The van der Waals surface area contributed by atoms with Gasteiger partial charge in [-0.15, -0.1) is 0 Å². The molecule has 23 heavy (non-hydrogen) atoms. The fraction of sp³-hybridized carbons (Fsp3) is 0.611. The van der Waals surface area contributed by atoms with E-state index >= 15 is 0 Å². The number of carbonyl (C=O) groups is 1. The standard InChI is InChI=1S/C18H28N2O3/c1-2-23-13-5-10-19-18(22)15-8-11-20(12-9-15)14-16-6-3-4-7-17(16)21/h3-4,6-7,15,21H,2,5,8-14H2,1H3,(H,19,22)/p+1. The lowest BCUT2D eigenvalue weighted by Gasteiger charge is -2.28. The van der Waals surface area contributed by atoms with Gasteiger partial charge in [0.15, 0.2) is 0 Å². The van der Waals surface area contributed by atoms with E-state index < -0.39 is 0 Å². The quantitative estimate of drug-likeness (QED) is 0.619. The number of phenols is 1. The molecule has 128 valence electrons. The number of carbonyl (C=O) groups excluding carboxylic acids is 1. The third-order valence-electron chi connectivity index (χ3n) is 4.46. The summed E-state index contributed by atoms with van der Waals surface area (Å²) < 4.78 is 5.27. The second-order valence-electron chi connectivity index (χ2n) is 6.17. The second kappa shape index (κ2) is 9.53. The molecule has 0 radical (unpaired) electrons. The molecule has 1 heterocycles. The van der Waals surface area contributed by atoms with Crippen molar-refractivity contribution in [3.05, 3.63) is 29.8 Å². The van der Waals surface area contributed by atoms with Gasteiger partial charge in [0, 0.05) is 44.1 Å². The zero-order valence-corrected chi connectivity index (χ0v) is 14.0. The van der Waals surface area contributed by atoms with Gasteiger partial charge >= 0.3 is 0 Å². The zero-order chi connectivity index (χ0) is 16.5. The molecular formula is C18H29N2O3+. The molecule has 1 amide bonds. The molecule has 3 N–H and O–H groups in total. The van der Waals surface area contributed by atoms with Crippen LogP contribution in [0.5, 0.6) is 5.75 Å². The maximum atomic E-state index is 12.1. The van der Waals surface area contributed by atoms with Crippen LogP contribution < -0.4 is 10.2 Å². The summed E-state index contributed by atoms with van der Waals surface area (Å²) in [6, 6.07) is 7.50. The van der Waals surface area contributed by atoms with Gasteiger partial charge in [0.2, 0.25) is 5.91 Å². The number of rotatable bonds is 8. The minimum Gasteiger partial charge on any atom is -0.507 e. The van der Waals surface area contributed by atoms with Crippen LogP contribution in [0.15, 0.2) is 24.3 Å². The summed E-state index contributed by atoms with van der Waals surface area (Å²) in [5.41, 5.74) is 0.987. The minimum absolute atomic E-state index is 0.134. The molecule has 2 rings (SSSR count). The molecule has 0 aliphatic carbocycles. The largest absolute Gasteiger partial charge is 0.507 e. The van der Waals surface area contributed by atoms with Crippen LogP contribution in [0.3, 0.4) is 0 Å². The Bertz CT molecular complexity index is 485. The molecule has 5 heteroatoms. The van der Waals surface area contributed by atoms with Crippen LogP contribution in [-0.2, 0) is 16.1 Å². The van der Waals surface area contributed by atoms with Crippen molar-refractivity contribution >= 4 is 5.91 Å². The first kappa shape index (κ1) is 17.8. The number of likely N-dealkylation sites (tertiary alicyclic amines) is 1. The topological polar surface area (TPSA) is 63.0 Å². The van der Waals surface area contributed by atoms with Gasteiger partial charge in [0.05, 0.1) is 13.1 Å². The number of hydrogen-bond donors (Lipinski definition) is 3. The van der Waals surface area contributed by atoms with Crippen molar-refractivity contribution in [1.29, 1.82) is 0 Å². The first-order valence-corrected chi connectivity index (χ1v) is 8.66. The van der Waals surface area contributed by atoms with Crippen molar-refractivity contribution in [2.24, 2.45) is 5.92 Å². The fourth-order valence-corrected chi connectivity index (χ4v) is 3.07. The monoisotopic (exact) mass is 321 g/mol. The highest BCUT2D eigenvalue weighted by atomic mass is 16.5. The van der Waals surface area contributed by atoms with E-state index in [4.69, 9.17) is 4.74 Å². The summed E-state index contributed by atoms with van der Waals surface area (Å²) in [5.74, 6) is 0.687. The lowest BCUT2D eigenvalue weighted by Crippen LogP contribution is -3.11. The van der Waals surface area contributed by atoms with E-state index in [2.05, 4.69) is 5.32 Å². The molecule has 1 fully saturated rings. The Balaban J connectivity index is 1.67. The highest BCUT2D eigenvalue weighted by Gasteiger charge is 2.27. The molecule has 1 aliphatic rings. The lowest BCUT2D eigenvalue weighted by atomic mass is 9.95. The van der Waals surface area contributed by atoms with Crippen molar-refractivity contribution in [3.8, 4) is 5.75 Å². The SMILES string of the molecule is CCOCCCNC(=O)C1CC[NH+](Cc2ccccc2O)CC1. The summed E-state index contributed by atoms with van der Waals surface area (Å²) in [6.07, 6.45) is 2.71. The number of ether oxygens (including phenoxy) is 1. The summed E-state index contributed by atoms with van der Waals surface area (Å²) in [6.45, 7) is 6.89. The molecule has 1 aliphatic heterocycles. The van der Waals surface area contributed by atoms with E-state index in [1.807, 2.05) is 25.1 Å². The van der Waals surface area contributed by atoms with Crippen LogP contribution in [0.25, 0.3) is 0 Å². The van der Waals surface area contributed by atoms with Gasteiger partial charge in [-0.05, 0) is 25.5 Å². The van der Waals surface area contributed by atoms with E-state index in [0.29, 0.717) is 18.9 Å². The average molecular weight is 321 g/mol. The van der Waals surface area contributed by atoms with E-state index in [0.717, 1.165) is 51.1 Å². The van der Waals surface area contributed by atoms with E-state index in [9.17, 15) is 9.90 Å². The van der Waals surface area contributed by atoms with Gasteiger partial charge in [-0.3, -0.25) is 4.79 Å². The third kappa shape index (κ3) is 5.84. The van der Waals surface area contributed by atoms with Crippen molar-refractivity contribution in [2.75, 3.05) is 32.8 Å². The summed E-state index contributed by atoms with van der Waals surface area (Å²) >= 11 is 0. The van der Waals surface area contributed by atoms with Crippen molar-refractivity contribution in [3.63, 3.8) is 0 Å². The van der Waals surface area contributed by atoms with Gasteiger partial charge in [-0.1, -0.05) is 12.1 Å². The molecule has 0 saturated carbocycles. The lowest BCUT2D eigenvalue weighted by molar-refractivity contribution is -0.919. The van der Waals surface area contributed by atoms with E-state index in [-0.39, 0.29) is 11.8 Å². The number of amides is 1. The van der Waals surface area contributed by atoms with Crippen LogP contribution in [0.2, 0.25) is 0 Å². The number of piperidine rings is 1. The summed E-state index contributed by atoms with van der Waals surface area (Å²) in [4.78, 5) is 13.6. The number of benzene rings is 1. The van der Waals surface area contributed by atoms with Gasteiger partial charge in [-0.25, -0.2) is 0 Å². The molecule has 0 unspecified atom stereocenters. The molecule has 0 bridgehead atoms. The Morgan fingerprint density at radius 2 is 2.09 bits per heavy atom. The van der Waals surface area contributed by atoms with Crippen LogP contribution in [0.4, 0.5) is 0 Å². The molecule has 0 spiro atoms. The maximum Gasteiger partial charge on any atom is 0.223 e. The Morgan fingerprint density at radius 3 is 2.78 bits per heavy atom. The van der Waals surface area contributed by atoms with Crippen molar-refractivity contribution < 1.29 is 19.5 Å². The molecule has 0 atom stereocenters. The highest BCUT2D eigenvalue weighted by molar-refractivity contribution is 5.78. The Hall–Kier alpha value is -1.59. The number of hydrogen-bond acceptors (Lipinski definition) is 3. The number of aromatic hydroxyl groups is 1. The van der Waals surface area contributed by atoms with Gasteiger partial charge in [-0.2, -0.15) is 0 Å².